The lowest BCUT2D eigenvalue weighted by atomic mass is 9.92. The van der Waals surface area contributed by atoms with Crippen LogP contribution in [-0.2, 0) is 4.79 Å². The van der Waals surface area contributed by atoms with Gasteiger partial charge in [0.2, 0.25) is 5.91 Å². The number of carbonyl (C=O) groups is 1. The molecule has 1 heterocycles. The highest BCUT2D eigenvalue weighted by Gasteiger charge is 2.37. The van der Waals surface area contributed by atoms with E-state index in [0.717, 1.165) is 13.1 Å². The average molecular weight is 240 g/mol. The summed E-state index contributed by atoms with van der Waals surface area (Å²) in [4.78, 5) is 16.1. The van der Waals surface area contributed by atoms with Gasteiger partial charge < -0.3 is 10.0 Å². The molecule has 4 nitrogen and oxygen atoms in total. The van der Waals surface area contributed by atoms with Crippen LogP contribution in [0.4, 0.5) is 0 Å². The maximum absolute atomic E-state index is 12.2. The van der Waals surface area contributed by atoms with E-state index in [9.17, 15) is 4.79 Å². The number of aliphatic hydroxyl groups is 1. The molecule has 1 fully saturated rings. The second-order valence-electron chi connectivity index (χ2n) is 5.60. The van der Waals surface area contributed by atoms with Gasteiger partial charge in [-0.1, -0.05) is 19.9 Å². The zero-order valence-corrected chi connectivity index (χ0v) is 11.1. The van der Waals surface area contributed by atoms with Gasteiger partial charge in [-0.3, -0.25) is 9.69 Å². The van der Waals surface area contributed by atoms with Crippen molar-refractivity contribution in [2.24, 2.45) is 5.41 Å². The molecule has 1 N–H and O–H groups in total. The summed E-state index contributed by atoms with van der Waals surface area (Å²) in [5.41, 5.74) is 0.0671. The maximum atomic E-state index is 12.2. The zero-order valence-electron chi connectivity index (χ0n) is 11.1. The average Bonchev–Trinajstić information content (AvgIpc) is 2.29. The molecule has 98 valence electrons. The normalized spacial score (nSPS) is 25.8. The lowest BCUT2D eigenvalue weighted by Gasteiger charge is -2.31. The van der Waals surface area contributed by atoms with Crippen LogP contribution in [-0.4, -0.2) is 60.1 Å². The van der Waals surface area contributed by atoms with E-state index in [-0.39, 0.29) is 24.0 Å². The molecule has 4 heteroatoms. The second kappa shape index (κ2) is 5.65. The van der Waals surface area contributed by atoms with Crippen LogP contribution in [0.25, 0.3) is 0 Å². The minimum atomic E-state index is -0.218. The van der Waals surface area contributed by atoms with Gasteiger partial charge in [-0.15, -0.1) is 6.58 Å². The molecule has 17 heavy (non-hydrogen) atoms. The van der Waals surface area contributed by atoms with E-state index in [1.165, 1.54) is 0 Å². The minimum absolute atomic E-state index is 0.0400. The summed E-state index contributed by atoms with van der Waals surface area (Å²) in [6.07, 6.45) is 2.31. The van der Waals surface area contributed by atoms with Gasteiger partial charge in [0.1, 0.15) is 0 Å². The molecule has 0 spiro atoms. The van der Waals surface area contributed by atoms with Crippen molar-refractivity contribution in [2.45, 2.75) is 26.3 Å². The van der Waals surface area contributed by atoms with Crippen molar-refractivity contribution >= 4 is 5.91 Å². The van der Waals surface area contributed by atoms with E-state index in [4.69, 9.17) is 5.11 Å². The molecule has 1 saturated heterocycles. The molecule has 0 aromatic carbocycles. The summed E-state index contributed by atoms with van der Waals surface area (Å²) >= 11 is 0. The lowest BCUT2D eigenvalue weighted by Crippen LogP contribution is -2.45. The Kier molecular flexibility index (Phi) is 4.71. The summed E-state index contributed by atoms with van der Waals surface area (Å²) in [6, 6.07) is -0.218. The fourth-order valence-electron chi connectivity index (χ4n) is 2.63. The van der Waals surface area contributed by atoms with Crippen LogP contribution in [0.5, 0.6) is 0 Å². The largest absolute Gasteiger partial charge is 0.396 e. The van der Waals surface area contributed by atoms with Gasteiger partial charge in [0.25, 0.3) is 0 Å². The van der Waals surface area contributed by atoms with Crippen molar-refractivity contribution in [3.05, 3.63) is 12.7 Å². The first-order valence-corrected chi connectivity index (χ1v) is 6.12. The SMILES string of the molecule is C=CCN1CC(C)(C)CN(C)C(=O)C1CCO. The molecule has 1 unspecified atom stereocenters. The van der Waals surface area contributed by atoms with E-state index in [0.29, 0.717) is 13.0 Å². The number of likely N-dealkylation sites (N-methyl/N-ethyl adjacent to an activating group) is 1. The van der Waals surface area contributed by atoms with Gasteiger partial charge in [0, 0.05) is 33.3 Å². The summed E-state index contributed by atoms with van der Waals surface area (Å²) in [6.45, 7) is 10.4. The number of amides is 1. The summed E-state index contributed by atoms with van der Waals surface area (Å²) in [7, 11) is 1.84. The van der Waals surface area contributed by atoms with Gasteiger partial charge in [-0.25, -0.2) is 0 Å². The van der Waals surface area contributed by atoms with Crippen LogP contribution >= 0.6 is 0 Å². The zero-order chi connectivity index (χ0) is 13.1. The molecule has 1 aliphatic rings. The number of hydrogen-bond acceptors (Lipinski definition) is 3. The quantitative estimate of drug-likeness (QED) is 0.737. The number of hydrogen-bond donors (Lipinski definition) is 1. The molecule has 0 aromatic heterocycles. The third-order valence-corrected chi connectivity index (χ3v) is 3.16. The second-order valence-corrected chi connectivity index (χ2v) is 5.60. The highest BCUT2D eigenvalue weighted by molar-refractivity contribution is 5.82. The standard InChI is InChI=1S/C13H24N2O2/c1-5-7-15-10-13(2,3)9-14(4)12(17)11(15)6-8-16/h5,11,16H,1,6-10H2,2-4H3. The van der Waals surface area contributed by atoms with E-state index >= 15 is 0 Å². The summed E-state index contributed by atoms with van der Waals surface area (Å²) < 4.78 is 0. The molecule has 0 radical (unpaired) electrons. The van der Waals surface area contributed by atoms with E-state index < -0.39 is 0 Å². The van der Waals surface area contributed by atoms with Gasteiger partial charge in [0.05, 0.1) is 6.04 Å². The number of carbonyl (C=O) groups excluding carboxylic acids is 1. The van der Waals surface area contributed by atoms with Crippen LogP contribution < -0.4 is 0 Å². The molecule has 1 aliphatic heterocycles. The Morgan fingerprint density at radius 1 is 1.53 bits per heavy atom. The molecule has 1 atom stereocenters. The maximum Gasteiger partial charge on any atom is 0.239 e. The molecular formula is C13H24N2O2. The Morgan fingerprint density at radius 3 is 2.71 bits per heavy atom. The third-order valence-electron chi connectivity index (χ3n) is 3.16. The third kappa shape index (κ3) is 3.54. The first-order valence-electron chi connectivity index (χ1n) is 6.12. The van der Waals surface area contributed by atoms with Crippen molar-refractivity contribution in [1.29, 1.82) is 0 Å². The van der Waals surface area contributed by atoms with Crippen molar-refractivity contribution in [3.8, 4) is 0 Å². The molecule has 0 bridgehead atoms. The van der Waals surface area contributed by atoms with E-state index in [1.54, 1.807) is 4.90 Å². The Hall–Kier alpha value is -0.870. The minimum Gasteiger partial charge on any atom is -0.396 e. The van der Waals surface area contributed by atoms with E-state index in [2.05, 4.69) is 25.3 Å². The fraction of sp³-hybridized carbons (Fsp3) is 0.769. The van der Waals surface area contributed by atoms with Gasteiger partial charge in [0.15, 0.2) is 0 Å². The molecule has 1 rings (SSSR count). The van der Waals surface area contributed by atoms with Crippen LogP contribution in [0.15, 0.2) is 12.7 Å². The Morgan fingerprint density at radius 2 is 2.18 bits per heavy atom. The molecule has 1 amide bonds. The molecule has 0 aliphatic carbocycles. The predicted molar refractivity (Wildman–Crippen MR) is 68.7 cm³/mol. The van der Waals surface area contributed by atoms with Crippen molar-refractivity contribution in [2.75, 3.05) is 33.3 Å². The van der Waals surface area contributed by atoms with Gasteiger partial charge >= 0.3 is 0 Å². The van der Waals surface area contributed by atoms with E-state index in [1.807, 2.05) is 13.1 Å². The van der Waals surface area contributed by atoms with Crippen LogP contribution in [0, 0.1) is 5.41 Å². The smallest absolute Gasteiger partial charge is 0.239 e. The molecular weight excluding hydrogens is 216 g/mol. The molecule has 0 saturated carbocycles. The Labute approximate surface area is 104 Å². The highest BCUT2D eigenvalue weighted by atomic mass is 16.3. The van der Waals surface area contributed by atoms with Crippen molar-refractivity contribution in [3.63, 3.8) is 0 Å². The summed E-state index contributed by atoms with van der Waals surface area (Å²) in [5.74, 6) is 0.103. The number of nitrogens with zero attached hydrogens (tertiary/aromatic N) is 2. The van der Waals surface area contributed by atoms with Crippen LogP contribution in [0.1, 0.15) is 20.3 Å². The van der Waals surface area contributed by atoms with Crippen molar-refractivity contribution < 1.29 is 9.90 Å². The number of aliphatic hydroxyl groups excluding tert-OH is 1. The van der Waals surface area contributed by atoms with Gasteiger partial charge in [-0.05, 0) is 11.8 Å². The molecule has 0 aromatic rings. The topological polar surface area (TPSA) is 43.8 Å². The Bertz CT molecular complexity index is 289. The Balaban J connectivity index is 2.95. The first kappa shape index (κ1) is 14.2. The predicted octanol–water partition coefficient (Wildman–Crippen LogP) is 0.724. The van der Waals surface area contributed by atoms with Crippen LogP contribution in [0.3, 0.4) is 0 Å². The van der Waals surface area contributed by atoms with Crippen molar-refractivity contribution in [1.82, 2.24) is 9.80 Å². The number of rotatable bonds is 4. The lowest BCUT2D eigenvalue weighted by molar-refractivity contribution is -0.134. The van der Waals surface area contributed by atoms with Gasteiger partial charge in [-0.2, -0.15) is 0 Å². The van der Waals surface area contributed by atoms with Crippen LogP contribution in [0.2, 0.25) is 0 Å². The fourth-order valence-corrected chi connectivity index (χ4v) is 2.63. The first-order chi connectivity index (χ1) is 7.91. The highest BCUT2D eigenvalue weighted by Crippen LogP contribution is 2.25. The monoisotopic (exact) mass is 240 g/mol. The summed E-state index contributed by atoms with van der Waals surface area (Å²) in [5, 5.41) is 9.11.